The lowest BCUT2D eigenvalue weighted by atomic mass is 10.1. The number of fused-ring (bicyclic) bond motifs is 1. The van der Waals surface area contributed by atoms with Crippen molar-refractivity contribution in [3.05, 3.63) is 42.2 Å². The smallest absolute Gasteiger partial charge is 0.248 e. The van der Waals surface area contributed by atoms with Gasteiger partial charge >= 0.3 is 0 Å². The van der Waals surface area contributed by atoms with Crippen LogP contribution >= 0.6 is 12.4 Å². The van der Waals surface area contributed by atoms with Crippen LogP contribution in [0.5, 0.6) is 0 Å². The van der Waals surface area contributed by atoms with Crippen LogP contribution in [0.15, 0.2) is 36.7 Å². The fourth-order valence-corrected chi connectivity index (χ4v) is 1.24. The summed E-state index contributed by atoms with van der Waals surface area (Å²) in [7, 11) is 0. The van der Waals surface area contributed by atoms with E-state index in [1.54, 1.807) is 24.5 Å². The average molecular weight is 209 g/mol. The second-order valence-electron chi connectivity index (χ2n) is 2.80. The van der Waals surface area contributed by atoms with Crippen molar-refractivity contribution in [2.24, 2.45) is 5.73 Å². The number of hydrogen-bond acceptors (Lipinski definition) is 2. The number of halogens is 1. The van der Waals surface area contributed by atoms with Gasteiger partial charge in [0.1, 0.15) is 0 Å². The number of carbonyl (C=O) groups is 1. The van der Waals surface area contributed by atoms with Gasteiger partial charge in [0, 0.05) is 23.3 Å². The molecular formula is C10H9ClN2O. The molecule has 0 radical (unpaired) electrons. The van der Waals surface area contributed by atoms with Crippen LogP contribution < -0.4 is 5.73 Å². The summed E-state index contributed by atoms with van der Waals surface area (Å²) in [5, 5.41) is 1.99. The van der Waals surface area contributed by atoms with Crippen LogP contribution in [0.25, 0.3) is 10.8 Å². The monoisotopic (exact) mass is 208 g/mol. The van der Waals surface area contributed by atoms with E-state index in [1.807, 2.05) is 12.1 Å². The van der Waals surface area contributed by atoms with E-state index in [0.717, 1.165) is 10.8 Å². The lowest BCUT2D eigenvalue weighted by molar-refractivity contribution is 0.100. The first-order chi connectivity index (χ1) is 6.27. The number of aromatic nitrogens is 1. The molecule has 0 aliphatic carbocycles. The van der Waals surface area contributed by atoms with Gasteiger partial charge in [-0.25, -0.2) is 0 Å². The number of benzene rings is 1. The zero-order chi connectivity index (χ0) is 9.26. The number of nitrogens with zero attached hydrogens (tertiary/aromatic N) is 1. The highest BCUT2D eigenvalue weighted by molar-refractivity contribution is 5.97. The molecule has 0 saturated heterocycles. The summed E-state index contributed by atoms with van der Waals surface area (Å²) in [5.74, 6) is -0.404. The quantitative estimate of drug-likeness (QED) is 0.777. The van der Waals surface area contributed by atoms with Crippen LogP contribution in [0.2, 0.25) is 0 Å². The summed E-state index contributed by atoms with van der Waals surface area (Å²) in [6.45, 7) is 0. The summed E-state index contributed by atoms with van der Waals surface area (Å²) in [6, 6.07) is 7.15. The number of hydrogen-bond donors (Lipinski definition) is 1. The third kappa shape index (κ3) is 1.83. The number of primary amides is 1. The van der Waals surface area contributed by atoms with Gasteiger partial charge in [0.25, 0.3) is 0 Å². The predicted octanol–water partition coefficient (Wildman–Crippen LogP) is 1.76. The van der Waals surface area contributed by atoms with Crippen molar-refractivity contribution in [1.82, 2.24) is 4.98 Å². The van der Waals surface area contributed by atoms with Crippen molar-refractivity contribution in [3.8, 4) is 0 Å². The Hall–Kier alpha value is -1.61. The third-order valence-electron chi connectivity index (χ3n) is 1.93. The second kappa shape index (κ2) is 4.07. The molecular weight excluding hydrogens is 200 g/mol. The third-order valence-corrected chi connectivity index (χ3v) is 1.93. The number of pyridine rings is 1. The summed E-state index contributed by atoms with van der Waals surface area (Å²) in [6.07, 6.45) is 3.44. The average Bonchev–Trinajstić information content (AvgIpc) is 2.17. The molecule has 2 rings (SSSR count). The first-order valence-corrected chi connectivity index (χ1v) is 3.91. The summed E-state index contributed by atoms with van der Waals surface area (Å²) in [4.78, 5) is 14.8. The SMILES string of the molecule is Cl.NC(=O)c1ccc2cnccc2c1. The lowest BCUT2D eigenvalue weighted by Gasteiger charge is -1.98. The molecule has 0 fully saturated rings. The van der Waals surface area contributed by atoms with E-state index in [4.69, 9.17) is 5.73 Å². The van der Waals surface area contributed by atoms with E-state index in [1.165, 1.54) is 0 Å². The molecule has 0 unspecified atom stereocenters. The maximum absolute atomic E-state index is 10.9. The molecule has 4 heteroatoms. The summed E-state index contributed by atoms with van der Waals surface area (Å²) in [5.41, 5.74) is 5.68. The molecule has 0 aliphatic heterocycles. The van der Waals surface area contributed by atoms with Gasteiger partial charge in [-0.15, -0.1) is 12.4 Å². The van der Waals surface area contributed by atoms with Crippen molar-refractivity contribution in [3.63, 3.8) is 0 Å². The molecule has 72 valence electrons. The molecule has 1 amide bonds. The highest BCUT2D eigenvalue weighted by Gasteiger charge is 2.00. The number of carbonyl (C=O) groups excluding carboxylic acids is 1. The van der Waals surface area contributed by atoms with Crippen LogP contribution in [-0.2, 0) is 0 Å². The highest BCUT2D eigenvalue weighted by atomic mass is 35.5. The van der Waals surface area contributed by atoms with Gasteiger partial charge < -0.3 is 5.73 Å². The highest BCUT2D eigenvalue weighted by Crippen LogP contribution is 2.13. The molecule has 2 N–H and O–H groups in total. The Bertz CT molecular complexity index is 470. The molecule has 3 nitrogen and oxygen atoms in total. The van der Waals surface area contributed by atoms with E-state index in [0.29, 0.717) is 5.56 Å². The largest absolute Gasteiger partial charge is 0.366 e. The molecule has 0 bridgehead atoms. The minimum atomic E-state index is -0.404. The minimum Gasteiger partial charge on any atom is -0.366 e. The normalized spacial score (nSPS) is 9.43. The maximum Gasteiger partial charge on any atom is 0.248 e. The molecule has 0 saturated carbocycles. The predicted molar refractivity (Wildman–Crippen MR) is 57.5 cm³/mol. The van der Waals surface area contributed by atoms with Crippen LogP contribution in [0.4, 0.5) is 0 Å². The Kier molecular flexibility index (Phi) is 3.04. The first kappa shape index (κ1) is 10.5. The zero-order valence-electron chi connectivity index (χ0n) is 7.31. The Balaban J connectivity index is 0.000000980. The van der Waals surface area contributed by atoms with Crippen LogP contribution in [0.3, 0.4) is 0 Å². The second-order valence-corrected chi connectivity index (χ2v) is 2.80. The molecule has 1 heterocycles. The topological polar surface area (TPSA) is 56.0 Å². The Labute approximate surface area is 87.4 Å². The Morgan fingerprint density at radius 3 is 2.71 bits per heavy atom. The van der Waals surface area contributed by atoms with Crippen molar-refractivity contribution >= 4 is 29.1 Å². The summed E-state index contributed by atoms with van der Waals surface area (Å²) < 4.78 is 0. The molecule has 1 aromatic heterocycles. The van der Waals surface area contributed by atoms with Gasteiger partial charge in [-0.3, -0.25) is 9.78 Å². The van der Waals surface area contributed by atoms with Gasteiger partial charge in [0.05, 0.1) is 0 Å². The molecule has 14 heavy (non-hydrogen) atoms. The fraction of sp³-hybridized carbons (Fsp3) is 0. The van der Waals surface area contributed by atoms with Crippen LogP contribution in [-0.4, -0.2) is 10.9 Å². The van der Waals surface area contributed by atoms with Gasteiger partial charge in [-0.1, -0.05) is 6.07 Å². The molecule has 0 atom stereocenters. The Morgan fingerprint density at radius 1 is 1.21 bits per heavy atom. The van der Waals surface area contributed by atoms with Crippen LogP contribution in [0.1, 0.15) is 10.4 Å². The molecule has 0 spiro atoms. The van der Waals surface area contributed by atoms with Gasteiger partial charge in [0.15, 0.2) is 0 Å². The summed E-state index contributed by atoms with van der Waals surface area (Å²) >= 11 is 0. The van der Waals surface area contributed by atoms with E-state index < -0.39 is 5.91 Å². The van der Waals surface area contributed by atoms with E-state index in [2.05, 4.69) is 4.98 Å². The molecule has 2 aromatic rings. The minimum absolute atomic E-state index is 0. The van der Waals surface area contributed by atoms with E-state index in [-0.39, 0.29) is 12.4 Å². The number of amides is 1. The van der Waals surface area contributed by atoms with Crippen LogP contribution in [0, 0.1) is 0 Å². The fourth-order valence-electron chi connectivity index (χ4n) is 1.24. The number of nitrogens with two attached hydrogens (primary N) is 1. The van der Waals surface area contributed by atoms with Gasteiger partial charge in [-0.2, -0.15) is 0 Å². The first-order valence-electron chi connectivity index (χ1n) is 3.91. The van der Waals surface area contributed by atoms with Gasteiger partial charge in [0.2, 0.25) is 5.91 Å². The maximum atomic E-state index is 10.9. The van der Waals surface area contributed by atoms with E-state index >= 15 is 0 Å². The lowest BCUT2D eigenvalue weighted by Crippen LogP contribution is -2.10. The standard InChI is InChI=1S/C10H8N2O.ClH/c11-10(13)8-1-2-9-6-12-4-3-7(9)5-8;/h1-6H,(H2,11,13);1H. The van der Waals surface area contributed by atoms with E-state index in [9.17, 15) is 4.79 Å². The van der Waals surface area contributed by atoms with Crippen molar-refractivity contribution in [1.29, 1.82) is 0 Å². The van der Waals surface area contributed by atoms with Gasteiger partial charge in [-0.05, 0) is 23.6 Å². The Morgan fingerprint density at radius 2 is 2.00 bits per heavy atom. The molecule has 1 aromatic carbocycles. The van der Waals surface area contributed by atoms with Crippen molar-refractivity contribution in [2.75, 3.05) is 0 Å². The van der Waals surface area contributed by atoms with Crippen molar-refractivity contribution < 1.29 is 4.79 Å². The molecule has 0 aliphatic rings. The zero-order valence-corrected chi connectivity index (χ0v) is 8.12. The van der Waals surface area contributed by atoms with Crippen molar-refractivity contribution in [2.45, 2.75) is 0 Å². The number of rotatable bonds is 1.